The third-order valence-corrected chi connectivity index (χ3v) is 3.06. The van der Waals surface area contributed by atoms with Gasteiger partial charge in [0.05, 0.1) is 11.1 Å². The van der Waals surface area contributed by atoms with E-state index in [9.17, 15) is 38.6 Å². The summed E-state index contributed by atoms with van der Waals surface area (Å²) >= 11 is 0. The molecule has 0 N–H and O–H groups in total. The summed E-state index contributed by atoms with van der Waals surface area (Å²) in [7, 11) is -5.31. The van der Waals surface area contributed by atoms with Crippen molar-refractivity contribution in [2.24, 2.45) is 0 Å². The smallest absolute Gasteiger partial charge is 0.194 e. The summed E-state index contributed by atoms with van der Waals surface area (Å²) in [5.74, 6) is -1.63. The number of aryl methyl sites for hydroxylation is 1. The number of hydrogen-bond acceptors (Lipinski definition) is 2. The molecule has 0 aliphatic heterocycles. The fraction of sp³-hybridized carbons (Fsp3) is 0.400. The normalized spacial score (nSPS) is 13.6. The third-order valence-electron chi connectivity index (χ3n) is 2.42. The SMILES string of the molecule is Cc1cc(C(F)(F)F)cc(C(F)(F)F)c1CS(=O)(=O)F. The minimum Gasteiger partial charge on any atom is -0.194 e. The predicted molar refractivity (Wildman–Crippen MR) is 54.9 cm³/mol. The third kappa shape index (κ3) is 4.09. The van der Waals surface area contributed by atoms with E-state index in [0.29, 0.717) is 6.07 Å². The van der Waals surface area contributed by atoms with Crippen molar-refractivity contribution < 1.29 is 38.6 Å². The van der Waals surface area contributed by atoms with Crippen LogP contribution in [0.25, 0.3) is 0 Å². The van der Waals surface area contributed by atoms with Crippen LogP contribution in [0.1, 0.15) is 22.3 Å². The molecule has 0 aliphatic rings. The van der Waals surface area contributed by atoms with Gasteiger partial charge < -0.3 is 0 Å². The number of halogens is 7. The van der Waals surface area contributed by atoms with Crippen LogP contribution in [0.5, 0.6) is 0 Å². The van der Waals surface area contributed by atoms with E-state index in [1.54, 1.807) is 0 Å². The molecular weight excluding hydrogens is 317 g/mol. The summed E-state index contributed by atoms with van der Waals surface area (Å²) < 4.78 is 109. The average Bonchev–Trinajstić information content (AvgIpc) is 2.15. The molecule has 1 aromatic rings. The highest BCUT2D eigenvalue weighted by molar-refractivity contribution is 7.85. The molecule has 114 valence electrons. The Hall–Kier alpha value is -1.32. The lowest BCUT2D eigenvalue weighted by Crippen LogP contribution is -2.16. The molecule has 0 aliphatic carbocycles. The summed E-state index contributed by atoms with van der Waals surface area (Å²) in [6, 6.07) is 0.114. The van der Waals surface area contributed by atoms with Crippen LogP contribution < -0.4 is 0 Å². The van der Waals surface area contributed by atoms with Gasteiger partial charge in [-0.1, -0.05) is 0 Å². The summed E-state index contributed by atoms with van der Waals surface area (Å²) in [5, 5.41) is 0. The van der Waals surface area contributed by atoms with Crippen LogP contribution in [0.4, 0.5) is 30.2 Å². The first-order valence-corrected chi connectivity index (χ1v) is 6.47. The van der Waals surface area contributed by atoms with Crippen molar-refractivity contribution in [2.75, 3.05) is 0 Å². The van der Waals surface area contributed by atoms with E-state index in [-0.39, 0.29) is 6.07 Å². The van der Waals surface area contributed by atoms with Crippen LogP contribution in [0.15, 0.2) is 12.1 Å². The number of rotatable bonds is 2. The van der Waals surface area contributed by atoms with E-state index in [1.165, 1.54) is 0 Å². The Morgan fingerprint density at radius 1 is 1.00 bits per heavy atom. The molecule has 0 atom stereocenters. The largest absolute Gasteiger partial charge is 0.416 e. The standard InChI is InChI=1S/C10H7F7O2S/c1-5-2-6(9(11,12)13)3-8(10(14,15)16)7(5)4-20(17,18)19/h2-3H,4H2,1H3. The Bertz CT molecular complexity index is 614. The van der Waals surface area contributed by atoms with Crippen molar-refractivity contribution in [2.45, 2.75) is 25.0 Å². The highest BCUT2D eigenvalue weighted by Crippen LogP contribution is 2.39. The predicted octanol–water partition coefficient (Wildman–Crippen LogP) is 3.83. The van der Waals surface area contributed by atoms with Crippen LogP contribution in [0, 0.1) is 6.92 Å². The second-order valence-electron chi connectivity index (χ2n) is 4.00. The molecule has 20 heavy (non-hydrogen) atoms. The zero-order valence-electron chi connectivity index (χ0n) is 9.73. The Balaban J connectivity index is 3.60. The fourth-order valence-corrected chi connectivity index (χ4v) is 2.33. The molecule has 0 radical (unpaired) electrons. The lowest BCUT2D eigenvalue weighted by atomic mass is 9.99. The Morgan fingerprint density at radius 2 is 1.50 bits per heavy atom. The van der Waals surface area contributed by atoms with Crippen LogP contribution in [0.2, 0.25) is 0 Å². The molecule has 0 saturated carbocycles. The number of hydrogen-bond donors (Lipinski definition) is 0. The molecule has 1 rings (SSSR count). The second-order valence-corrected chi connectivity index (χ2v) is 5.36. The molecule has 2 nitrogen and oxygen atoms in total. The van der Waals surface area contributed by atoms with E-state index < -0.39 is 50.6 Å². The maximum absolute atomic E-state index is 12.7. The van der Waals surface area contributed by atoms with Crippen molar-refractivity contribution in [3.05, 3.63) is 34.4 Å². The first kappa shape index (κ1) is 16.7. The molecule has 10 heteroatoms. The van der Waals surface area contributed by atoms with Crippen molar-refractivity contribution in [3.63, 3.8) is 0 Å². The molecular formula is C10H7F7O2S. The minimum absolute atomic E-state index is 0.229. The molecule has 0 unspecified atom stereocenters. The molecule has 0 spiro atoms. The van der Waals surface area contributed by atoms with Gasteiger partial charge in [0.15, 0.2) is 0 Å². The van der Waals surface area contributed by atoms with Crippen molar-refractivity contribution >= 4 is 10.2 Å². The van der Waals surface area contributed by atoms with E-state index in [2.05, 4.69) is 0 Å². The van der Waals surface area contributed by atoms with Gasteiger partial charge in [-0.25, -0.2) is 0 Å². The van der Waals surface area contributed by atoms with Crippen LogP contribution in [-0.4, -0.2) is 8.42 Å². The molecule has 0 saturated heterocycles. The first-order valence-electron chi connectivity index (χ1n) is 4.92. The molecule has 0 amide bonds. The van der Waals surface area contributed by atoms with Gasteiger partial charge in [-0.3, -0.25) is 0 Å². The quantitative estimate of drug-likeness (QED) is 0.612. The van der Waals surface area contributed by atoms with Gasteiger partial charge >= 0.3 is 22.6 Å². The Labute approximate surface area is 109 Å². The minimum atomic E-state index is -5.31. The van der Waals surface area contributed by atoms with Gasteiger partial charge in [0, 0.05) is 0 Å². The summed E-state index contributed by atoms with van der Waals surface area (Å²) in [5.41, 5.74) is -5.03. The number of alkyl halides is 6. The maximum Gasteiger partial charge on any atom is 0.416 e. The highest BCUT2D eigenvalue weighted by atomic mass is 32.3. The highest BCUT2D eigenvalue weighted by Gasteiger charge is 2.39. The van der Waals surface area contributed by atoms with E-state index in [1.807, 2.05) is 0 Å². The van der Waals surface area contributed by atoms with Crippen molar-refractivity contribution in [1.82, 2.24) is 0 Å². The number of benzene rings is 1. The average molecular weight is 324 g/mol. The molecule has 1 aromatic carbocycles. The summed E-state index contributed by atoms with van der Waals surface area (Å²) in [4.78, 5) is 0. The molecule has 0 aromatic heterocycles. The van der Waals surface area contributed by atoms with Gasteiger partial charge in [-0.2, -0.15) is 34.8 Å². The second kappa shape index (κ2) is 4.90. The van der Waals surface area contributed by atoms with Gasteiger partial charge in [-0.15, -0.1) is 3.89 Å². The van der Waals surface area contributed by atoms with Crippen LogP contribution >= 0.6 is 0 Å². The lowest BCUT2D eigenvalue weighted by Gasteiger charge is -2.17. The summed E-state index contributed by atoms with van der Waals surface area (Å²) in [6.45, 7) is 0.852. The van der Waals surface area contributed by atoms with Gasteiger partial charge in [-0.05, 0) is 30.2 Å². The Morgan fingerprint density at radius 3 is 1.85 bits per heavy atom. The van der Waals surface area contributed by atoms with E-state index in [4.69, 9.17) is 0 Å². The molecule has 0 bridgehead atoms. The summed E-state index contributed by atoms with van der Waals surface area (Å²) in [6.07, 6.45) is -10.3. The lowest BCUT2D eigenvalue weighted by molar-refractivity contribution is -0.143. The van der Waals surface area contributed by atoms with E-state index in [0.717, 1.165) is 6.92 Å². The topological polar surface area (TPSA) is 34.1 Å². The van der Waals surface area contributed by atoms with Crippen LogP contribution in [-0.2, 0) is 28.3 Å². The van der Waals surface area contributed by atoms with Crippen molar-refractivity contribution in [1.29, 1.82) is 0 Å². The molecule has 0 heterocycles. The molecule has 0 fully saturated rings. The van der Waals surface area contributed by atoms with Gasteiger partial charge in [0.1, 0.15) is 5.75 Å². The van der Waals surface area contributed by atoms with Crippen LogP contribution in [0.3, 0.4) is 0 Å². The fourth-order valence-electron chi connectivity index (χ4n) is 1.60. The van der Waals surface area contributed by atoms with E-state index >= 15 is 0 Å². The first-order chi connectivity index (χ1) is 8.72. The zero-order valence-corrected chi connectivity index (χ0v) is 10.5. The monoisotopic (exact) mass is 324 g/mol. The Kier molecular flexibility index (Phi) is 4.10. The van der Waals surface area contributed by atoms with Crippen molar-refractivity contribution in [3.8, 4) is 0 Å². The van der Waals surface area contributed by atoms with Gasteiger partial charge in [0.2, 0.25) is 0 Å². The van der Waals surface area contributed by atoms with Gasteiger partial charge in [0.25, 0.3) is 0 Å². The zero-order chi connectivity index (χ0) is 15.9. The maximum atomic E-state index is 12.7.